The number of benzene rings is 1. The topological polar surface area (TPSA) is 52.7 Å². The van der Waals surface area contributed by atoms with E-state index in [0.717, 1.165) is 51.9 Å². The molecule has 2 amide bonds. The first-order chi connectivity index (χ1) is 12.6. The van der Waals surface area contributed by atoms with Crippen molar-refractivity contribution in [3.63, 3.8) is 0 Å². The van der Waals surface area contributed by atoms with E-state index in [1.807, 2.05) is 28.0 Å². The zero-order chi connectivity index (χ0) is 18.5. The lowest BCUT2D eigenvalue weighted by Gasteiger charge is -2.25. The maximum Gasteiger partial charge on any atom is 0.253 e. The molecule has 2 atom stereocenters. The monoisotopic (exact) mass is 357 g/mol. The fourth-order valence-corrected chi connectivity index (χ4v) is 4.13. The highest BCUT2D eigenvalue weighted by Crippen LogP contribution is 2.22. The van der Waals surface area contributed by atoms with E-state index in [0.29, 0.717) is 23.2 Å². The summed E-state index contributed by atoms with van der Waals surface area (Å²) in [6.45, 7) is 7.24. The number of likely N-dealkylation sites (tertiary alicyclic amines) is 1. The molecule has 1 N–H and O–H groups in total. The molecule has 142 valence electrons. The third-order valence-corrected chi connectivity index (χ3v) is 5.44. The molecule has 1 aromatic rings. The van der Waals surface area contributed by atoms with E-state index in [9.17, 15) is 9.59 Å². The van der Waals surface area contributed by atoms with Gasteiger partial charge < -0.3 is 15.1 Å². The Morgan fingerprint density at radius 3 is 2.50 bits per heavy atom. The molecule has 1 aromatic carbocycles. The Morgan fingerprint density at radius 1 is 1.08 bits per heavy atom. The zero-order valence-electron chi connectivity index (χ0n) is 16.0. The number of fused-ring (bicyclic) bond motifs is 2. The first-order valence-corrected chi connectivity index (χ1v) is 10.1. The van der Waals surface area contributed by atoms with Gasteiger partial charge in [0, 0.05) is 49.4 Å². The molecule has 2 bridgehead atoms. The molecular formula is C21H31N3O2. The molecule has 2 aliphatic heterocycles. The van der Waals surface area contributed by atoms with Crippen molar-refractivity contribution in [2.75, 3.05) is 26.2 Å². The van der Waals surface area contributed by atoms with Gasteiger partial charge in [0.05, 0.1) is 0 Å². The van der Waals surface area contributed by atoms with Crippen molar-refractivity contribution in [3.8, 4) is 0 Å². The minimum absolute atomic E-state index is 0.0277. The van der Waals surface area contributed by atoms with E-state index in [2.05, 4.69) is 19.2 Å². The molecule has 0 radical (unpaired) electrons. The second-order valence-corrected chi connectivity index (χ2v) is 7.55. The predicted octanol–water partition coefficient (Wildman–Crippen LogP) is 2.92. The van der Waals surface area contributed by atoms with Gasteiger partial charge in [-0.1, -0.05) is 19.9 Å². The molecular weight excluding hydrogens is 326 g/mol. The fraction of sp³-hybridized carbons (Fsp3) is 0.619. The van der Waals surface area contributed by atoms with Crippen molar-refractivity contribution < 1.29 is 9.59 Å². The summed E-state index contributed by atoms with van der Waals surface area (Å²) >= 11 is 0. The highest BCUT2D eigenvalue weighted by molar-refractivity contribution is 5.99. The van der Waals surface area contributed by atoms with Gasteiger partial charge in [0.25, 0.3) is 11.8 Å². The normalized spacial score (nSPS) is 22.2. The van der Waals surface area contributed by atoms with Gasteiger partial charge in [0.2, 0.25) is 0 Å². The summed E-state index contributed by atoms with van der Waals surface area (Å²) in [4.78, 5) is 29.7. The van der Waals surface area contributed by atoms with E-state index in [1.54, 1.807) is 6.07 Å². The van der Waals surface area contributed by atoms with Crippen LogP contribution in [0.15, 0.2) is 24.3 Å². The first kappa shape index (κ1) is 18.9. The van der Waals surface area contributed by atoms with Crippen LogP contribution in [0.3, 0.4) is 0 Å². The molecule has 0 aliphatic carbocycles. The molecule has 2 saturated heterocycles. The molecule has 5 heteroatoms. The summed E-state index contributed by atoms with van der Waals surface area (Å²) in [5.74, 6) is 0.0754. The van der Waals surface area contributed by atoms with Crippen LogP contribution < -0.4 is 5.32 Å². The van der Waals surface area contributed by atoms with Gasteiger partial charge in [-0.15, -0.1) is 0 Å². The Balaban J connectivity index is 1.73. The Bertz CT molecular complexity index is 640. The van der Waals surface area contributed by atoms with Crippen LogP contribution >= 0.6 is 0 Å². The lowest BCUT2D eigenvalue weighted by molar-refractivity contribution is 0.0748. The van der Waals surface area contributed by atoms with Gasteiger partial charge in [0.1, 0.15) is 0 Å². The van der Waals surface area contributed by atoms with Crippen LogP contribution in [-0.4, -0.2) is 59.9 Å². The smallest absolute Gasteiger partial charge is 0.253 e. The Morgan fingerprint density at radius 2 is 1.77 bits per heavy atom. The average Bonchev–Trinajstić information content (AvgIpc) is 2.99. The van der Waals surface area contributed by atoms with Gasteiger partial charge in [0.15, 0.2) is 0 Å². The SMILES string of the molecule is CCCN(CCC)C(=O)c1cccc(C(=O)N2CCC3CCC(C2)N3)c1. The van der Waals surface area contributed by atoms with Crippen molar-refractivity contribution in [2.24, 2.45) is 0 Å². The number of rotatable bonds is 6. The molecule has 26 heavy (non-hydrogen) atoms. The van der Waals surface area contributed by atoms with Gasteiger partial charge >= 0.3 is 0 Å². The summed E-state index contributed by atoms with van der Waals surface area (Å²) in [7, 11) is 0. The van der Waals surface area contributed by atoms with Crippen molar-refractivity contribution in [1.29, 1.82) is 0 Å². The van der Waals surface area contributed by atoms with Crippen LogP contribution in [0.5, 0.6) is 0 Å². The third kappa shape index (κ3) is 4.26. The number of nitrogens with one attached hydrogen (secondary N) is 1. The summed E-state index contributed by atoms with van der Waals surface area (Å²) in [6.07, 6.45) is 5.26. The van der Waals surface area contributed by atoms with Gasteiger partial charge in [-0.05, 0) is 50.3 Å². The Hall–Kier alpha value is -1.88. The highest BCUT2D eigenvalue weighted by Gasteiger charge is 2.31. The van der Waals surface area contributed by atoms with Crippen LogP contribution in [0.1, 0.15) is 66.7 Å². The first-order valence-electron chi connectivity index (χ1n) is 10.1. The van der Waals surface area contributed by atoms with Gasteiger partial charge in [-0.3, -0.25) is 9.59 Å². The maximum absolute atomic E-state index is 13.0. The quantitative estimate of drug-likeness (QED) is 0.852. The van der Waals surface area contributed by atoms with E-state index >= 15 is 0 Å². The van der Waals surface area contributed by atoms with Crippen LogP contribution in [0.25, 0.3) is 0 Å². The lowest BCUT2D eigenvalue weighted by Crippen LogP contribution is -2.39. The molecule has 0 spiro atoms. The van der Waals surface area contributed by atoms with Crippen LogP contribution in [0.2, 0.25) is 0 Å². The molecule has 5 nitrogen and oxygen atoms in total. The second-order valence-electron chi connectivity index (χ2n) is 7.55. The van der Waals surface area contributed by atoms with Gasteiger partial charge in [-0.25, -0.2) is 0 Å². The van der Waals surface area contributed by atoms with Crippen LogP contribution in [-0.2, 0) is 0 Å². The number of carbonyl (C=O) groups is 2. The summed E-state index contributed by atoms with van der Waals surface area (Å²) in [5, 5.41) is 3.61. The molecule has 2 fully saturated rings. The number of hydrogen-bond donors (Lipinski definition) is 1. The second kappa shape index (κ2) is 8.67. The van der Waals surface area contributed by atoms with Crippen molar-refractivity contribution in [1.82, 2.24) is 15.1 Å². The number of hydrogen-bond acceptors (Lipinski definition) is 3. The fourth-order valence-electron chi connectivity index (χ4n) is 4.13. The zero-order valence-corrected chi connectivity index (χ0v) is 16.0. The standard InChI is InChI=1S/C21H31N3O2/c1-3-11-23(12-4-2)20(25)16-6-5-7-17(14-16)21(26)24-13-10-18-8-9-19(15-24)22-18/h5-7,14,18-19,22H,3-4,8-13,15H2,1-2H3. The Labute approximate surface area is 156 Å². The average molecular weight is 357 g/mol. The maximum atomic E-state index is 13.0. The van der Waals surface area contributed by atoms with Crippen LogP contribution in [0.4, 0.5) is 0 Å². The predicted molar refractivity (Wildman–Crippen MR) is 103 cm³/mol. The molecule has 0 aromatic heterocycles. The van der Waals surface area contributed by atoms with Crippen LogP contribution in [0, 0.1) is 0 Å². The van der Waals surface area contributed by atoms with Crippen molar-refractivity contribution in [2.45, 2.75) is 58.0 Å². The summed E-state index contributed by atoms with van der Waals surface area (Å²) in [6, 6.07) is 8.24. The molecule has 2 heterocycles. The van der Waals surface area contributed by atoms with E-state index < -0.39 is 0 Å². The molecule has 3 rings (SSSR count). The van der Waals surface area contributed by atoms with E-state index in [4.69, 9.17) is 0 Å². The molecule has 2 unspecified atom stereocenters. The Kier molecular flexibility index (Phi) is 6.30. The van der Waals surface area contributed by atoms with E-state index in [1.165, 1.54) is 6.42 Å². The number of amides is 2. The van der Waals surface area contributed by atoms with Crippen molar-refractivity contribution >= 4 is 11.8 Å². The largest absolute Gasteiger partial charge is 0.339 e. The number of carbonyl (C=O) groups excluding carboxylic acids is 2. The van der Waals surface area contributed by atoms with Crippen molar-refractivity contribution in [3.05, 3.63) is 35.4 Å². The minimum atomic E-state index is 0.0277. The summed E-state index contributed by atoms with van der Waals surface area (Å²) in [5.41, 5.74) is 1.24. The summed E-state index contributed by atoms with van der Waals surface area (Å²) < 4.78 is 0. The van der Waals surface area contributed by atoms with E-state index in [-0.39, 0.29) is 11.8 Å². The number of nitrogens with zero attached hydrogens (tertiary/aromatic N) is 2. The highest BCUT2D eigenvalue weighted by atomic mass is 16.2. The van der Waals surface area contributed by atoms with Gasteiger partial charge in [-0.2, -0.15) is 0 Å². The molecule has 0 saturated carbocycles. The minimum Gasteiger partial charge on any atom is -0.339 e. The third-order valence-electron chi connectivity index (χ3n) is 5.44. The lowest BCUT2D eigenvalue weighted by atomic mass is 10.1. The molecule has 2 aliphatic rings.